The van der Waals surface area contributed by atoms with Gasteiger partial charge in [0.05, 0.1) is 7.11 Å². The van der Waals surface area contributed by atoms with E-state index in [1.165, 1.54) is 19.2 Å². The average Bonchev–Trinajstić information content (AvgIpc) is 2.57. The van der Waals surface area contributed by atoms with Gasteiger partial charge in [0.1, 0.15) is 17.4 Å². The molecule has 0 atom stereocenters. The van der Waals surface area contributed by atoms with Gasteiger partial charge in [0.15, 0.2) is 11.5 Å². The predicted molar refractivity (Wildman–Crippen MR) is 91.9 cm³/mol. The number of carbonyl (C=O) groups excluding carboxylic acids is 1. The molecule has 0 saturated carbocycles. The fourth-order valence-electron chi connectivity index (χ4n) is 2.69. The molecule has 0 heterocycles. The number of phenols is 1. The smallest absolute Gasteiger partial charge is 0.160 e. The van der Waals surface area contributed by atoms with Gasteiger partial charge in [-0.3, -0.25) is 4.79 Å². The minimum Gasteiger partial charge on any atom is -0.504 e. The summed E-state index contributed by atoms with van der Waals surface area (Å²) in [5, 5.41) is 9.55. The number of Topliss-reactive ketones (excluding diaryl/α,β-unsaturated/α-hetero) is 1. The first-order valence-corrected chi connectivity index (χ1v) is 8.30. The molecule has 0 aromatic heterocycles. The number of unbranched alkanes of at least 4 members (excludes halogenated alkanes) is 1. The molecule has 5 heteroatoms. The molecule has 0 amide bonds. The highest BCUT2D eigenvalue weighted by Gasteiger charge is 2.07. The third kappa shape index (κ3) is 6.18. The summed E-state index contributed by atoms with van der Waals surface area (Å²) in [5.41, 5.74) is 1.54. The second kappa shape index (κ2) is 9.16. The van der Waals surface area contributed by atoms with E-state index < -0.39 is 11.6 Å². The van der Waals surface area contributed by atoms with E-state index in [0.29, 0.717) is 24.2 Å². The van der Waals surface area contributed by atoms with Gasteiger partial charge in [0.25, 0.3) is 0 Å². The van der Waals surface area contributed by atoms with Crippen molar-refractivity contribution in [3.63, 3.8) is 0 Å². The fourth-order valence-corrected chi connectivity index (χ4v) is 2.69. The Morgan fingerprint density at radius 3 is 2.36 bits per heavy atom. The van der Waals surface area contributed by atoms with E-state index in [1.54, 1.807) is 12.1 Å². The Morgan fingerprint density at radius 2 is 1.68 bits per heavy atom. The topological polar surface area (TPSA) is 46.5 Å². The summed E-state index contributed by atoms with van der Waals surface area (Å²) in [7, 11) is 1.50. The van der Waals surface area contributed by atoms with Gasteiger partial charge in [-0.25, -0.2) is 8.78 Å². The zero-order valence-electron chi connectivity index (χ0n) is 14.2. The molecular formula is C20H22F2O3. The van der Waals surface area contributed by atoms with Gasteiger partial charge in [-0.05, 0) is 61.1 Å². The zero-order chi connectivity index (χ0) is 18.2. The Morgan fingerprint density at radius 1 is 0.960 bits per heavy atom. The average molecular weight is 348 g/mol. The summed E-state index contributed by atoms with van der Waals surface area (Å²) >= 11 is 0. The normalized spacial score (nSPS) is 10.7. The highest BCUT2D eigenvalue weighted by atomic mass is 19.1. The molecular weight excluding hydrogens is 326 g/mol. The second-order valence-corrected chi connectivity index (χ2v) is 6.03. The SMILES string of the molecule is COc1cc(CCCCC(=O)CCc2cc(F)cc(F)c2)ccc1O. The highest BCUT2D eigenvalue weighted by molar-refractivity contribution is 5.78. The van der Waals surface area contributed by atoms with Crippen LogP contribution in [0.15, 0.2) is 36.4 Å². The number of phenolic OH excluding ortho intramolecular Hbond substituents is 1. The number of aryl methyl sites for hydroxylation is 2. The lowest BCUT2D eigenvalue weighted by Crippen LogP contribution is -2.01. The van der Waals surface area contributed by atoms with Crippen LogP contribution < -0.4 is 4.74 Å². The second-order valence-electron chi connectivity index (χ2n) is 6.03. The van der Waals surface area contributed by atoms with Crippen LogP contribution >= 0.6 is 0 Å². The molecule has 3 nitrogen and oxygen atoms in total. The van der Waals surface area contributed by atoms with Crippen LogP contribution in [0.1, 0.15) is 36.8 Å². The van der Waals surface area contributed by atoms with Crippen molar-refractivity contribution in [2.24, 2.45) is 0 Å². The van der Waals surface area contributed by atoms with Crippen molar-refractivity contribution >= 4 is 5.78 Å². The minimum atomic E-state index is -0.619. The van der Waals surface area contributed by atoms with Crippen LogP contribution in [0.5, 0.6) is 11.5 Å². The van der Waals surface area contributed by atoms with E-state index in [9.17, 15) is 18.7 Å². The zero-order valence-corrected chi connectivity index (χ0v) is 14.2. The monoisotopic (exact) mass is 348 g/mol. The van der Waals surface area contributed by atoms with Crippen LogP contribution in [0.25, 0.3) is 0 Å². The van der Waals surface area contributed by atoms with Gasteiger partial charge < -0.3 is 9.84 Å². The van der Waals surface area contributed by atoms with Crippen molar-refractivity contribution in [2.45, 2.75) is 38.5 Å². The maximum Gasteiger partial charge on any atom is 0.160 e. The van der Waals surface area contributed by atoms with Gasteiger partial charge in [-0.15, -0.1) is 0 Å². The molecule has 0 saturated heterocycles. The van der Waals surface area contributed by atoms with E-state index >= 15 is 0 Å². The van der Waals surface area contributed by atoms with Gasteiger partial charge >= 0.3 is 0 Å². The van der Waals surface area contributed by atoms with Crippen molar-refractivity contribution < 1.29 is 23.4 Å². The summed E-state index contributed by atoms with van der Waals surface area (Å²) in [4.78, 5) is 11.9. The predicted octanol–water partition coefficient (Wildman–Crippen LogP) is 4.59. The first-order chi connectivity index (χ1) is 12.0. The number of halogens is 2. The first-order valence-electron chi connectivity index (χ1n) is 8.30. The van der Waals surface area contributed by atoms with Gasteiger partial charge in [0, 0.05) is 18.9 Å². The molecule has 1 N–H and O–H groups in total. The Hall–Kier alpha value is -2.43. The number of rotatable bonds is 9. The molecule has 25 heavy (non-hydrogen) atoms. The van der Waals surface area contributed by atoms with E-state index in [4.69, 9.17) is 4.74 Å². The van der Waals surface area contributed by atoms with Crippen LogP contribution in [-0.2, 0) is 17.6 Å². The third-order valence-corrected chi connectivity index (χ3v) is 4.03. The van der Waals surface area contributed by atoms with Gasteiger partial charge in [-0.1, -0.05) is 6.07 Å². The Bertz CT molecular complexity index is 709. The fraction of sp³-hybridized carbons (Fsp3) is 0.350. The third-order valence-electron chi connectivity index (χ3n) is 4.03. The quantitative estimate of drug-likeness (QED) is 0.674. The van der Waals surface area contributed by atoms with Crippen molar-refractivity contribution in [3.8, 4) is 11.5 Å². The number of hydrogen-bond donors (Lipinski definition) is 1. The van der Waals surface area contributed by atoms with Crippen LogP contribution in [-0.4, -0.2) is 18.0 Å². The lowest BCUT2D eigenvalue weighted by molar-refractivity contribution is -0.119. The summed E-state index contributed by atoms with van der Waals surface area (Å²) in [5.74, 6) is -0.599. The molecule has 0 fully saturated rings. The van der Waals surface area contributed by atoms with Gasteiger partial charge in [0.2, 0.25) is 0 Å². The molecule has 0 aliphatic heterocycles. The maximum atomic E-state index is 13.1. The number of hydrogen-bond acceptors (Lipinski definition) is 3. The van der Waals surface area contributed by atoms with Crippen molar-refractivity contribution in [1.82, 2.24) is 0 Å². The number of methoxy groups -OCH3 is 1. The summed E-state index contributed by atoms with van der Waals surface area (Å²) in [6.07, 6.45) is 3.47. The molecule has 134 valence electrons. The Kier molecular flexibility index (Phi) is 6.92. The molecule has 2 aromatic carbocycles. The number of carbonyl (C=O) groups is 1. The first kappa shape index (κ1) is 18.9. The Balaban J connectivity index is 1.70. The molecule has 2 aromatic rings. The summed E-state index contributed by atoms with van der Waals surface area (Å²) in [6.45, 7) is 0. The Labute approximate surface area is 146 Å². The molecule has 0 aliphatic rings. The van der Waals surface area contributed by atoms with Crippen molar-refractivity contribution in [1.29, 1.82) is 0 Å². The lowest BCUT2D eigenvalue weighted by atomic mass is 10.0. The van der Waals surface area contributed by atoms with Crippen LogP contribution in [0.2, 0.25) is 0 Å². The number of ketones is 1. The van der Waals surface area contributed by atoms with Gasteiger partial charge in [-0.2, -0.15) is 0 Å². The molecule has 0 spiro atoms. The van der Waals surface area contributed by atoms with Crippen LogP contribution in [0, 0.1) is 11.6 Å². The number of benzene rings is 2. The highest BCUT2D eigenvalue weighted by Crippen LogP contribution is 2.27. The standard InChI is InChI=1S/C20H22F2O3/c1-25-20-12-14(7-9-19(20)24)4-2-3-5-18(23)8-6-15-10-16(21)13-17(22)11-15/h7,9-13,24H,2-6,8H2,1H3. The van der Waals surface area contributed by atoms with E-state index in [-0.39, 0.29) is 18.0 Å². The lowest BCUT2D eigenvalue weighted by Gasteiger charge is -2.07. The van der Waals surface area contributed by atoms with Crippen LogP contribution in [0.3, 0.4) is 0 Å². The van der Waals surface area contributed by atoms with Crippen LogP contribution in [0.4, 0.5) is 8.78 Å². The summed E-state index contributed by atoms with van der Waals surface area (Å²) < 4.78 is 31.2. The molecule has 0 unspecified atom stereocenters. The largest absolute Gasteiger partial charge is 0.504 e. The minimum absolute atomic E-state index is 0.0907. The number of aromatic hydroxyl groups is 1. The summed E-state index contributed by atoms with van der Waals surface area (Å²) in [6, 6.07) is 8.55. The van der Waals surface area contributed by atoms with Crippen molar-refractivity contribution in [2.75, 3.05) is 7.11 Å². The molecule has 0 aliphatic carbocycles. The molecule has 0 bridgehead atoms. The van der Waals surface area contributed by atoms with Crippen molar-refractivity contribution in [3.05, 3.63) is 59.2 Å². The van der Waals surface area contributed by atoms with E-state index in [1.807, 2.05) is 6.07 Å². The van der Waals surface area contributed by atoms with E-state index in [2.05, 4.69) is 0 Å². The number of ether oxygens (including phenoxy) is 1. The molecule has 0 radical (unpaired) electrons. The molecule has 2 rings (SSSR count). The maximum absolute atomic E-state index is 13.1. The van der Waals surface area contributed by atoms with E-state index in [0.717, 1.165) is 30.9 Å².